The Bertz CT molecular complexity index is 1460. The number of piperidine rings is 1. The smallest absolute Gasteiger partial charge is 0.321 e. The lowest BCUT2D eigenvalue weighted by atomic mass is 9.87. The number of nitrogens with zero attached hydrogens (tertiary/aromatic N) is 2. The van der Waals surface area contributed by atoms with Gasteiger partial charge in [0.15, 0.2) is 0 Å². The molecule has 0 aromatic heterocycles. The van der Waals surface area contributed by atoms with Gasteiger partial charge in [-0.2, -0.15) is 4.31 Å². The fourth-order valence-corrected chi connectivity index (χ4v) is 7.06. The molecule has 3 aromatic rings. The lowest BCUT2D eigenvalue weighted by molar-refractivity contribution is 0.0407. The van der Waals surface area contributed by atoms with Gasteiger partial charge in [0.2, 0.25) is 10.0 Å². The van der Waals surface area contributed by atoms with Crippen molar-refractivity contribution in [1.82, 2.24) is 9.21 Å². The summed E-state index contributed by atoms with van der Waals surface area (Å²) in [6, 6.07) is 20.2. The van der Waals surface area contributed by atoms with Gasteiger partial charge >= 0.3 is 6.03 Å². The van der Waals surface area contributed by atoms with Crippen molar-refractivity contribution < 1.29 is 22.7 Å². The summed E-state index contributed by atoms with van der Waals surface area (Å²) in [5, 5.41) is 3.47. The minimum absolute atomic E-state index is 0.113. The number of benzene rings is 3. The highest BCUT2D eigenvalue weighted by atomic mass is 35.5. The molecule has 0 unspecified atom stereocenters. The van der Waals surface area contributed by atoms with Crippen molar-refractivity contribution in [1.29, 1.82) is 0 Å². The number of hydrogen-bond donors (Lipinski definition) is 1. The highest BCUT2D eigenvalue weighted by Crippen LogP contribution is 2.43. The molecule has 0 atom stereocenters. The maximum Gasteiger partial charge on any atom is 0.321 e. The maximum atomic E-state index is 13.1. The molecule has 1 spiro atoms. The second-order valence-corrected chi connectivity index (χ2v) is 12.6. The molecule has 0 saturated carbocycles. The van der Waals surface area contributed by atoms with E-state index in [1.165, 1.54) is 0 Å². The van der Waals surface area contributed by atoms with Gasteiger partial charge in [-0.15, -0.1) is 0 Å². The lowest BCUT2D eigenvalue weighted by Crippen LogP contribution is -2.49. The topological polar surface area (TPSA) is 88.2 Å². The third-order valence-electron chi connectivity index (χ3n) is 7.75. The first kappa shape index (κ1) is 26.1. The number of morpholine rings is 1. The maximum absolute atomic E-state index is 13.1. The van der Waals surface area contributed by atoms with Crippen molar-refractivity contribution in [3.63, 3.8) is 0 Å². The molecule has 2 amide bonds. The van der Waals surface area contributed by atoms with Crippen molar-refractivity contribution in [3.05, 3.63) is 77.3 Å². The molecule has 39 heavy (non-hydrogen) atoms. The van der Waals surface area contributed by atoms with E-state index < -0.39 is 10.0 Å². The van der Waals surface area contributed by atoms with E-state index >= 15 is 0 Å². The van der Waals surface area contributed by atoms with E-state index in [0.29, 0.717) is 57.3 Å². The Kier molecular flexibility index (Phi) is 7.01. The Labute approximate surface area is 233 Å². The van der Waals surface area contributed by atoms with Crippen LogP contribution in [-0.2, 0) is 21.2 Å². The van der Waals surface area contributed by atoms with E-state index in [1.54, 1.807) is 33.5 Å². The van der Waals surface area contributed by atoms with Gasteiger partial charge in [0, 0.05) is 56.2 Å². The minimum Gasteiger partial charge on any atom is -0.487 e. The molecule has 3 heterocycles. The predicted octanol–water partition coefficient (Wildman–Crippen LogP) is 5.03. The first-order chi connectivity index (χ1) is 18.8. The van der Waals surface area contributed by atoms with Crippen LogP contribution in [-0.4, -0.2) is 68.6 Å². The number of amides is 2. The molecule has 0 bridgehead atoms. The average molecular weight is 568 g/mol. The van der Waals surface area contributed by atoms with Crippen molar-refractivity contribution in [2.24, 2.45) is 0 Å². The highest BCUT2D eigenvalue weighted by Gasteiger charge is 2.44. The van der Waals surface area contributed by atoms with Crippen LogP contribution >= 0.6 is 11.6 Å². The number of anilines is 1. The molecular weight excluding hydrogens is 538 g/mol. The molecule has 6 rings (SSSR count). The number of nitrogens with one attached hydrogen (secondary N) is 1. The number of hydrogen-bond acceptors (Lipinski definition) is 5. The Morgan fingerprint density at radius 1 is 0.872 bits per heavy atom. The van der Waals surface area contributed by atoms with Gasteiger partial charge in [0.25, 0.3) is 0 Å². The molecule has 3 aliphatic rings. The zero-order valence-electron chi connectivity index (χ0n) is 21.4. The monoisotopic (exact) mass is 567 g/mol. The Hall–Kier alpha value is -3.11. The van der Waals surface area contributed by atoms with Crippen LogP contribution in [0, 0.1) is 0 Å². The summed E-state index contributed by atoms with van der Waals surface area (Å²) in [7, 11) is -3.57. The number of carbonyl (C=O) groups excluding carboxylic acids is 1. The van der Waals surface area contributed by atoms with Gasteiger partial charge in [-0.25, -0.2) is 13.2 Å². The summed E-state index contributed by atoms with van der Waals surface area (Å²) in [6.07, 6.45) is 2.00. The van der Waals surface area contributed by atoms with Gasteiger partial charge < -0.3 is 19.7 Å². The predicted molar refractivity (Wildman–Crippen MR) is 150 cm³/mol. The fourth-order valence-electron chi connectivity index (χ4n) is 5.50. The first-order valence-electron chi connectivity index (χ1n) is 13.1. The molecule has 0 radical (unpaired) electrons. The van der Waals surface area contributed by atoms with Crippen molar-refractivity contribution >= 4 is 33.3 Å². The summed E-state index contributed by atoms with van der Waals surface area (Å²) < 4.78 is 39.5. The van der Waals surface area contributed by atoms with Crippen LogP contribution in [0.1, 0.15) is 18.4 Å². The molecule has 10 heteroatoms. The summed E-state index contributed by atoms with van der Waals surface area (Å²) in [6.45, 7) is 3.14. The molecule has 3 aliphatic heterocycles. The molecule has 2 fully saturated rings. The van der Waals surface area contributed by atoms with Crippen molar-refractivity contribution in [2.75, 3.05) is 44.7 Å². The molecule has 1 N–H and O–H groups in total. The highest BCUT2D eigenvalue weighted by molar-refractivity contribution is 7.89. The van der Waals surface area contributed by atoms with Crippen LogP contribution in [0.5, 0.6) is 5.75 Å². The third-order valence-corrected chi connectivity index (χ3v) is 9.92. The molecule has 2 saturated heterocycles. The number of urea groups is 1. The second-order valence-electron chi connectivity index (χ2n) is 10.2. The number of rotatable bonds is 4. The average Bonchev–Trinajstić information content (AvgIpc) is 3.31. The minimum atomic E-state index is -3.57. The number of ether oxygens (including phenoxy) is 2. The zero-order valence-corrected chi connectivity index (χ0v) is 23.0. The first-order valence-corrected chi connectivity index (χ1v) is 15.0. The Morgan fingerprint density at radius 3 is 2.23 bits per heavy atom. The SMILES string of the molecule is O=C(Nc1ccc(-c2ccc3c(c2)CC2(CCN(S(=O)(=O)c4ccc(Cl)cc4)CC2)O3)cc1)N1CCOCC1. The number of sulfonamides is 1. The summed E-state index contributed by atoms with van der Waals surface area (Å²) >= 11 is 5.93. The number of carbonyl (C=O) groups is 1. The van der Waals surface area contributed by atoms with Crippen LogP contribution in [0.3, 0.4) is 0 Å². The second kappa shape index (κ2) is 10.5. The quantitative estimate of drug-likeness (QED) is 0.478. The van der Waals surface area contributed by atoms with Crippen LogP contribution < -0.4 is 10.1 Å². The van der Waals surface area contributed by atoms with Gasteiger partial charge in [-0.1, -0.05) is 29.8 Å². The summed E-state index contributed by atoms with van der Waals surface area (Å²) in [5.74, 6) is 0.863. The van der Waals surface area contributed by atoms with Gasteiger partial charge in [-0.3, -0.25) is 0 Å². The normalized spacial score (nSPS) is 18.9. The van der Waals surface area contributed by atoms with Crippen molar-refractivity contribution in [2.45, 2.75) is 29.8 Å². The summed E-state index contributed by atoms with van der Waals surface area (Å²) in [5.41, 5.74) is 3.61. The van der Waals surface area contributed by atoms with E-state index in [9.17, 15) is 13.2 Å². The fraction of sp³-hybridized carbons (Fsp3) is 0.345. The Morgan fingerprint density at radius 2 is 1.54 bits per heavy atom. The van der Waals surface area contributed by atoms with Gasteiger partial charge in [0.1, 0.15) is 11.4 Å². The molecule has 204 valence electrons. The van der Waals surface area contributed by atoms with Gasteiger partial charge in [-0.05, 0) is 65.2 Å². The van der Waals surface area contributed by atoms with Crippen LogP contribution in [0.4, 0.5) is 10.5 Å². The van der Waals surface area contributed by atoms with Crippen LogP contribution in [0.15, 0.2) is 71.6 Å². The van der Waals surface area contributed by atoms with E-state index in [1.807, 2.05) is 36.4 Å². The van der Waals surface area contributed by atoms with Crippen LogP contribution in [0.25, 0.3) is 11.1 Å². The van der Waals surface area contributed by atoms with Gasteiger partial charge in [0.05, 0.1) is 18.1 Å². The summed E-state index contributed by atoms with van der Waals surface area (Å²) in [4.78, 5) is 14.5. The molecule has 0 aliphatic carbocycles. The lowest BCUT2D eigenvalue weighted by Gasteiger charge is -2.38. The molecular formula is C29H30ClN3O5S. The largest absolute Gasteiger partial charge is 0.487 e. The zero-order chi connectivity index (χ0) is 27.0. The van der Waals surface area contributed by atoms with E-state index in [0.717, 1.165) is 34.5 Å². The number of halogens is 1. The van der Waals surface area contributed by atoms with E-state index in [2.05, 4.69) is 11.4 Å². The van der Waals surface area contributed by atoms with Crippen molar-refractivity contribution in [3.8, 4) is 16.9 Å². The standard InChI is InChI=1S/C29H30ClN3O5S/c30-24-4-8-26(9-5-24)39(35,36)33-13-11-29(12-14-33)20-23-19-22(3-10-27(23)38-29)21-1-6-25(7-2-21)31-28(34)32-15-17-37-18-16-32/h1-10,19H,11-18,20H2,(H,31,34). The molecule has 3 aromatic carbocycles. The number of fused-ring (bicyclic) bond motifs is 1. The Balaban J connectivity index is 1.10. The van der Waals surface area contributed by atoms with E-state index in [4.69, 9.17) is 21.1 Å². The molecule has 8 nitrogen and oxygen atoms in total. The third kappa shape index (κ3) is 5.36. The van der Waals surface area contributed by atoms with Crippen LogP contribution in [0.2, 0.25) is 5.02 Å². The van der Waals surface area contributed by atoms with E-state index in [-0.39, 0.29) is 16.5 Å².